The molecule has 1 amide bonds. The fourth-order valence-electron chi connectivity index (χ4n) is 2.30. The molecule has 2 aromatic rings. The minimum Gasteiger partial charge on any atom is -0.348 e. The monoisotopic (exact) mass is 290 g/mol. The van der Waals surface area contributed by atoms with Gasteiger partial charge in [-0.2, -0.15) is 0 Å². The Balaban J connectivity index is 1.51. The summed E-state index contributed by atoms with van der Waals surface area (Å²) in [5, 5.41) is 7.19. The Morgan fingerprint density at radius 3 is 2.95 bits per heavy atom. The first-order valence-corrected chi connectivity index (χ1v) is 7.67. The van der Waals surface area contributed by atoms with Gasteiger partial charge in [-0.1, -0.05) is 12.1 Å². The van der Waals surface area contributed by atoms with Gasteiger partial charge in [0.1, 0.15) is 5.01 Å². The summed E-state index contributed by atoms with van der Waals surface area (Å²) in [4.78, 5) is 18.6. The fraction of sp³-hybridized carbons (Fsp3) is 0.429. The van der Waals surface area contributed by atoms with E-state index >= 15 is 0 Å². The molecule has 1 fully saturated rings. The van der Waals surface area contributed by atoms with Crippen molar-refractivity contribution in [1.29, 1.82) is 0 Å². The predicted molar refractivity (Wildman–Crippen MR) is 80.8 cm³/mol. The normalized spacial score (nSPS) is 16.4. The molecule has 1 saturated heterocycles. The van der Waals surface area contributed by atoms with E-state index in [1.54, 1.807) is 11.3 Å². The van der Waals surface area contributed by atoms with Gasteiger partial charge in [-0.15, -0.1) is 11.3 Å². The van der Waals surface area contributed by atoms with Gasteiger partial charge in [-0.05, 0) is 12.1 Å². The number of thiazole rings is 1. The molecule has 0 radical (unpaired) electrons. The summed E-state index contributed by atoms with van der Waals surface area (Å²) in [6.45, 7) is 4.80. The van der Waals surface area contributed by atoms with Gasteiger partial charge >= 0.3 is 0 Å². The summed E-state index contributed by atoms with van der Waals surface area (Å²) in [6.07, 6.45) is 0. The van der Waals surface area contributed by atoms with E-state index in [2.05, 4.69) is 26.6 Å². The molecule has 6 heteroatoms. The first-order valence-electron chi connectivity index (χ1n) is 6.85. The van der Waals surface area contributed by atoms with Crippen molar-refractivity contribution in [2.45, 2.75) is 6.54 Å². The zero-order chi connectivity index (χ0) is 13.8. The number of nitrogens with one attached hydrogen (secondary N) is 2. The Hall–Kier alpha value is -1.50. The lowest BCUT2D eigenvalue weighted by Gasteiger charge is -2.26. The highest BCUT2D eigenvalue weighted by Gasteiger charge is 2.13. The van der Waals surface area contributed by atoms with Gasteiger partial charge in [0.05, 0.1) is 23.3 Å². The molecule has 1 aromatic heterocycles. The number of piperazine rings is 1. The molecular formula is C14H18N4OS. The van der Waals surface area contributed by atoms with Gasteiger partial charge in [0, 0.05) is 26.2 Å². The standard InChI is InChI=1S/C14H18N4OS/c19-13(10-18-7-5-15-6-8-18)16-9-14-17-11-3-1-2-4-12(11)20-14/h1-4,15H,5-10H2,(H,16,19). The Labute approximate surface area is 122 Å². The van der Waals surface area contributed by atoms with Crippen molar-refractivity contribution >= 4 is 27.5 Å². The Bertz CT molecular complexity index is 559. The number of amides is 1. The quantitative estimate of drug-likeness (QED) is 0.875. The topological polar surface area (TPSA) is 57.3 Å². The van der Waals surface area contributed by atoms with Crippen LogP contribution in [-0.4, -0.2) is 48.5 Å². The number of rotatable bonds is 4. The third-order valence-corrected chi connectivity index (χ3v) is 4.39. The molecule has 0 atom stereocenters. The predicted octanol–water partition coefficient (Wildman–Crippen LogP) is 0.818. The minimum absolute atomic E-state index is 0.0751. The minimum atomic E-state index is 0.0751. The maximum atomic E-state index is 11.9. The van der Waals surface area contributed by atoms with Gasteiger partial charge in [-0.25, -0.2) is 4.98 Å². The molecule has 0 unspecified atom stereocenters. The van der Waals surface area contributed by atoms with E-state index in [9.17, 15) is 4.79 Å². The first-order chi connectivity index (χ1) is 9.81. The van der Waals surface area contributed by atoms with Gasteiger partial charge in [0.2, 0.25) is 5.91 Å². The van der Waals surface area contributed by atoms with E-state index < -0.39 is 0 Å². The van der Waals surface area contributed by atoms with Crippen LogP contribution in [-0.2, 0) is 11.3 Å². The van der Waals surface area contributed by atoms with Crippen LogP contribution in [0.4, 0.5) is 0 Å². The zero-order valence-electron chi connectivity index (χ0n) is 11.3. The molecule has 20 heavy (non-hydrogen) atoms. The average Bonchev–Trinajstić information content (AvgIpc) is 2.89. The summed E-state index contributed by atoms with van der Waals surface area (Å²) < 4.78 is 1.17. The Morgan fingerprint density at radius 2 is 2.15 bits per heavy atom. The number of carbonyl (C=O) groups is 1. The van der Waals surface area contributed by atoms with Crippen LogP contribution in [0.1, 0.15) is 5.01 Å². The van der Waals surface area contributed by atoms with Crippen LogP contribution in [0.5, 0.6) is 0 Å². The van der Waals surface area contributed by atoms with Crippen molar-refractivity contribution in [3.05, 3.63) is 29.3 Å². The number of benzene rings is 1. The molecule has 0 bridgehead atoms. The molecular weight excluding hydrogens is 272 g/mol. The molecule has 0 spiro atoms. The van der Waals surface area contributed by atoms with E-state index in [1.165, 1.54) is 4.70 Å². The highest BCUT2D eigenvalue weighted by molar-refractivity contribution is 7.18. The van der Waals surface area contributed by atoms with Gasteiger partial charge in [-0.3, -0.25) is 9.69 Å². The molecule has 1 aliphatic rings. The third kappa shape index (κ3) is 3.33. The molecule has 0 saturated carbocycles. The molecule has 5 nitrogen and oxygen atoms in total. The first kappa shape index (κ1) is 13.5. The summed E-state index contributed by atoms with van der Waals surface area (Å²) in [5.74, 6) is 0.0751. The van der Waals surface area contributed by atoms with Crippen LogP contribution < -0.4 is 10.6 Å². The summed E-state index contributed by atoms with van der Waals surface area (Å²) in [7, 11) is 0. The molecule has 3 rings (SSSR count). The maximum Gasteiger partial charge on any atom is 0.234 e. The maximum absolute atomic E-state index is 11.9. The number of para-hydroxylation sites is 1. The molecule has 2 heterocycles. The third-order valence-electron chi connectivity index (χ3n) is 3.35. The van der Waals surface area contributed by atoms with E-state index in [1.807, 2.05) is 18.2 Å². The highest BCUT2D eigenvalue weighted by atomic mass is 32.1. The number of aromatic nitrogens is 1. The van der Waals surface area contributed by atoms with E-state index in [0.717, 1.165) is 36.7 Å². The zero-order valence-corrected chi connectivity index (χ0v) is 12.1. The largest absolute Gasteiger partial charge is 0.348 e. The second-order valence-electron chi connectivity index (χ2n) is 4.88. The van der Waals surface area contributed by atoms with Crippen molar-refractivity contribution in [3.8, 4) is 0 Å². The number of fused-ring (bicyclic) bond motifs is 1. The van der Waals surface area contributed by atoms with E-state index in [-0.39, 0.29) is 5.91 Å². The van der Waals surface area contributed by atoms with Crippen LogP contribution in [0.15, 0.2) is 24.3 Å². The average molecular weight is 290 g/mol. The van der Waals surface area contributed by atoms with Crippen LogP contribution >= 0.6 is 11.3 Å². The van der Waals surface area contributed by atoms with Crippen molar-refractivity contribution in [2.24, 2.45) is 0 Å². The smallest absolute Gasteiger partial charge is 0.234 e. The lowest BCUT2D eigenvalue weighted by molar-refractivity contribution is -0.122. The number of hydrogen-bond donors (Lipinski definition) is 2. The number of carbonyl (C=O) groups excluding carboxylic acids is 1. The molecule has 2 N–H and O–H groups in total. The lowest BCUT2D eigenvalue weighted by atomic mass is 10.3. The molecule has 0 aliphatic carbocycles. The Kier molecular flexibility index (Phi) is 4.25. The van der Waals surface area contributed by atoms with Crippen molar-refractivity contribution in [3.63, 3.8) is 0 Å². The van der Waals surface area contributed by atoms with E-state index in [4.69, 9.17) is 0 Å². The summed E-state index contributed by atoms with van der Waals surface area (Å²) in [5.41, 5.74) is 1.00. The second-order valence-corrected chi connectivity index (χ2v) is 5.99. The number of hydrogen-bond acceptors (Lipinski definition) is 5. The second kappa shape index (κ2) is 6.30. The summed E-state index contributed by atoms with van der Waals surface area (Å²) in [6, 6.07) is 8.04. The summed E-state index contributed by atoms with van der Waals surface area (Å²) >= 11 is 1.64. The van der Waals surface area contributed by atoms with Crippen LogP contribution in [0, 0.1) is 0 Å². The van der Waals surface area contributed by atoms with E-state index in [0.29, 0.717) is 13.1 Å². The van der Waals surface area contributed by atoms with Crippen LogP contribution in [0.25, 0.3) is 10.2 Å². The fourth-order valence-corrected chi connectivity index (χ4v) is 3.21. The van der Waals surface area contributed by atoms with Crippen molar-refractivity contribution in [1.82, 2.24) is 20.5 Å². The number of nitrogens with zero attached hydrogens (tertiary/aromatic N) is 2. The van der Waals surface area contributed by atoms with Gasteiger partial charge in [0.15, 0.2) is 0 Å². The Morgan fingerprint density at radius 1 is 1.35 bits per heavy atom. The molecule has 106 valence electrons. The van der Waals surface area contributed by atoms with Gasteiger partial charge in [0.25, 0.3) is 0 Å². The van der Waals surface area contributed by atoms with Gasteiger partial charge < -0.3 is 10.6 Å². The highest BCUT2D eigenvalue weighted by Crippen LogP contribution is 2.21. The molecule has 1 aliphatic heterocycles. The van der Waals surface area contributed by atoms with Crippen LogP contribution in [0.3, 0.4) is 0 Å². The molecule has 1 aromatic carbocycles. The SMILES string of the molecule is O=C(CN1CCNCC1)NCc1nc2ccccc2s1. The van der Waals surface area contributed by atoms with Crippen molar-refractivity contribution < 1.29 is 4.79 Å². The lowest BCUT2D eigenvalue weighted by Crippen LogP contribution is -2.47. The van der Waals surface area contributed by atoms with Crippen molar-refractivity contribution in [2.75, 3.05) is 32.7 Å². The van der Waals surface area contributed by atoms with Crippen LogP contribution in [0.2, 0.25) is 0 Å².